The number of aryl methyl sites for hydroxylation is 1. The lowest BCUT2D eigenvalue weighted by molar-refractivity contribution is 0.0740. The summed E-state index contributed by atoms with van der Waals surface area (Å²) < 4.78 is 1.07. The van der Waals surface area contributed by atoms with Gasteiger partial charge in [-0.2, -0.15) is 0 Å². The minimum absolute atomic E-state index is 0.181. The Bertz CT molecular complexity index is 637. The van der Waals surface area contributed by atoms with Crippen molar-refractivity contribution in [2.75, 3.05) is 6.54 Å². The molecule has 2 aromatic rings. The van der Waals surface area contributed by atoms with Crippen LogP contribution in [0, 0.1) is 6.92 Å². The molecule has 1 aliphatic rings. The molecule has 0 aliphatic carbocycles. The average molecular weight is 350 g/mol. The van der Waals surface area contributed by atoms with Crippen LogP contribution in [0.4, 0.5) is 0 Å². The monoisotopic (exact) mass is 349 g/mol. The van der Waals surface area contributed by atoms with Gasteiger partial charge in [-0.3, -0.25) is 4.79 Å². The van der Waals surface area contributed by atoms with Gasteiger partial charge in [0.05, 0.1) is 10.9 Å². The molecule has 3 rings (SSSR count). The third kappa shape index (κ3) is 2.54. The summed E-state index contributed by atoms with van der Waals surface area (Å²) in [5.74, 6) is 0.181. The molecule has 1 aromatic carbocycles. The SMILES string of the molecule is Cc1ccsc1C(=O)N1CCCC1c1cccc(Br)c1. The highest BCUT2D eigenvalue weighted by Crippen LogP contribution is 2.35. The van der Waals surface area contributed by atoms with E-state index >= 15 is 0 Å². The Morgan fingerprint density at radius 2 is 2.25 bits per heavy atom. The number of likely N-dealkylation sites (tertiary alicyclic amines) is 1. The molecule has 2 nitrogen and oxygen atoms in total. The number of amides is 1. The Kier molecular flexibility index (Phi) is 3.94. The molecule has 0 saturated carbocycles. The number of halogens is 1. The van der Waals surface area contributed by atoms with Crippen LogP contribution in [0.1, 0.15) is 39.7 Å². The number of carbonyl (C=O) groups is 1. The van der Waals surface area contributed by atoms with E-state index in [0.717, 1.165) is 34.3 Å². The van der Waals surface area contributed by atoms with Crippen LogP contribution in [0.2, 0.25) is 0 Å². The van der Waals surface area contributed by atoms with Crippen molar-refractivity contribution in [3.8, 4) is 0 Å². The maximum absolute atomic E-state index is 12.7. The Hall–Kier alpha value is -1.13. The molecule has 20 heavy (non-hydrogen) atoms. The minimum Gasteiger partial charge on any atom is -0.331 e. The van der Waals surface area contributed by atoms with Crippen molar-refractivity contribution in [1.82, 2.24) is 4.90 Å². The van der Waals surface area contributed by atoms with Gasteiger partial charge in [0.15, 0.2) is 0 Å². The van der Waals surface area contributed by atoms with Gasteiger partial charge in [-0.05, 0) is 54.5 Å². The van der Waals surface area contributed by atoms with E-state index in [4.69, 9.17) is 0 Å². The minimum atomic E-state index is 0.181. The van der Waals surface area contributed by atoms with Crippen molar-refractivity contribution in [3.63, 3.8) is 0 Å². The molecule has 1 unspecified atom stereocenters. The number of rotatable bonds is 2. The van der Waals surface area contributed by atoms with E-state index in [1.54, 1.807) is 11.3 Å². The highest BCUT2D eigenvalue weighted by molar-refractivity contribution is 9.10. The van der Waals surface area contributed by atoms with Crippen molar-refractivity contribution in [3.05, 3.63) is 56.2 Å². The molecule has 1 amide bonds. The van der Waals surface area contributed by atoms with Crippen LogP contribution in [0.5, 0.6) is 0 Å². The maximum Gasteiger partial charge on any atom is 0.264 e. The molecule has 0 radical (unpaired) electrons. The van der Waals surface area contributed by atoms with Crippen LogP contribution in [0.3, 0.4) is 0 Å². The lowest BCUT2D eigenvalue weighted by Gasteiger charge is -2.25. The van der Waals surface area contributed by atoms with Crippen LogP contribution in [-0.2, 0) is 0 Å². The van der Waals surface area contributed by atoms with Crippen molar-refractivity contribution >= 4 is 33.2 Å². The highest BCUT2D eigenvalue weighted by Gasteiger charge is 2.31. The first kappa shape index (κ1) is 13.8. The first-order chi connectivity index (χ1) is 9.66. The molecule has 1 saturated heterocycles. The summed E-state index contributed by atoms with van der Waals surface area (Å²) in [5, 5.41) is 1.99. The van der Waals surface area contributed by atoms with E-state index in [0.29, 0.717) is 0 Å². The van der Waals surface area contributed by atoms with E-state index in [1.807, 2.05) is 35.4 Å². The molecule has 0 spiro atoms. The summed E-state index contributed by atoms with van der Waals surface area (Å²) in [4.78, 5) is 15.6. The van der Waals surface area contributed by atoms with E-state index in [9.17, 15) is 4.79 Å². The molecule has 1 fully saturated rings. The molecule has 0 bridgehead atoms. The van der Waals surface area contributed by atoms with Crippen LogP contribution < -0.4 is 0 Å². The van der Waals surface area contributed by atoms with Gasteiger partial charge >= 0.3 is 0 Å². The predicted molar refractivity (Wildman–Crippen MR) is 86.2 cm³/mol. The van der Waals surface area contributed by atoms with Gasteiger partial charge in [-0.15, -0.1) is 11.3 Å². The second-order valence-corrected chi connectivity index (χ2v) is 6.98. The Morgan fingerprint density at radius 1 is 1.40 bits per heavy atom. The summed E-state index contributed by atoms with van der Waals surface area (Å²) in [6.45, 7) is 2.86. The fraction of sp³-hybridized carbons (Fsp3) is 0.312. The summed E-state index contributed by atoms with van der Waals surface area (Å²) >= 11 is 5.06. The van der Waals surface area contributed by atoms with Gasteiger partial charge in [0, 0.05) is 11.0 Å². The van der Waals surface area contributed by atoms with Gasteiger partial charge in [-0.25, -0.2) is 0 Å². The van der Waals surface area contributed by atoms with Crippen molar-refractivity contribution in [2.45, 2.75) is 25.8 Å². The van der Waals surface area contributed by atoms with E-state index < -0.39 is 0 Å². The second-order valence-electron chi connectivity index (χ2n) is 5.14. The quantitative estimate of drug-likeness (QED) is 0.762. The lowest BCUT2D eigenvalue weighted by atomic mass is 10.0. The van der Waals surface area contributed by atoms with Crippen molar-refractivity contribution in [2.24, 2.45) is 0 Å². The summed E-state index contributed by atoms with van der Waals surface area (Å²) in [6, 6.07) is 10.5. The zero-order valence-electron chi connectivity index (χ0n) is 11.3. The van der Waals surface area contributed by atoms with Crippen LogP contribution >= 0.6 is 27.3 Å². The van der Waals surface area contributed by atoms with Crippen molar-refractivity contribution < 1.29 is 4.79 Å². The number of nitrogens with zero attached hydrogens (tertiary/aromatic N) is 1. The topological polar surface area (TPSA) is 20.3 Å². The van der Waals surface area contributed by atoms with E-state index in [1.165, 1.54) is 5.56 Å². The van der Waals surface area contributed by atoms with Gasteiger partial charge in [0.1, 0.15) is 0 Å². The molecule has 1 atom stereocenters. The van der Waals surface area contributed by atoms with Crippen LogP contribution in [0.15, 0.2) is 40.2 Å². The number of benzene rings is 1. The molecule has 104 valence electrons. The lowest BCUT2D eigenvalue weighted by Crippen LogP contribution is -2.30. The van der Waals surface area contributed by atoms with Gasteiger partial charge in [0.25, 0.3) is 5.91 Å². The smallest absolute Gasteiger partial charge is 0.264 e. The third-order valence-corrected chi connectivity index (χ3v) is 5.30. The van der Waals surface area contributed by atoms with E-state index in [2.05, 4.69) is 28.1 Å². The average Bonchev–Trinajstić information content (AvgIpc) is 3.06. The molecule has 1 aromatic heterocycles. The Balaban J connectivity index is 1.90. The maximum atomic E-state index is 12.7. The Labute approximate surface area is 131 Å². The van der Waals surface area contributed by atoms with Crippen LogP contribution in [-0.4, -0.2) is 17.4 Å². The first-order valence-electron chi connectivity index (χ1n) is 6.77. The molecule has 1 aliphatic heterocycles. The number of hydrogen-bond donors (Lipinski definition) is 0. The molecular weight excluding hydrogens is 334 g/mol. The summed E-state index contributed by atoms with van der Waals surface area (Å²) in [6.07, 6.45) is 2.12. The standard InChI is InChI=1S/C16H16BrNOS/c1-11-7-9-20-15(11)16(19)18-8-3-6-14(18)12-4-2-5-13(17)10-12/h2,4-5,7,9-10,14H,3,6,8H2,1H3. The van der Waals surface area contributed by atoms with Gasteiger partial charge in [0.2, 0.25) is 0 Å². The van der Waals surface area contributed by atoms with Gasteiger partial charge in [-0.1, -0.05) is 28.1 Å². The normalized spacial score (nSPS) is 18.5. The van der Waals surface area contributed by atoms with Crippen LogP contribution in [0.25, 0.3) is 0 Å². The number of thiophene rings is 1. The fourth-order valence-electron chi connectivity index (χ4n) is 2.79. The zero-order valence-corrected chi connectivity index (χ0v) is 13.7. The van der Waals surface area contributed by atoms with E-state index in [-0.39, 0.29) is 11.9 Å². The third-order valence-electron chi connectivity index (χ3n) is 3.80. The second kappa shape index (κ2) is 5.70. The highest BCUT2D eigenvalue weighted by atomic mass is 79.9. The first-order valence-corrected chi connectivity index (χ1v) is 8.44. The molecule has 4 heteroatoms. The molecule has 2 heterocycles. The summed E-state index contributed by atoms with van der Waals surface area (Å²) in [5.41, 5.74) is 2.30. The molecular formula is C16H16BrNOS. The Morgan fingerprint density at radius 3 is 2.95 bits per heavy atom. The largest absolute Gasteiger partial charge is 0.331 e. The van der Waals surface area contributed by atoms with Gasteiger partial charge < -0.3 is 4.90 Å². The summed E-state index contributed by atoms with van der Waals surface area (Å²) in [7, 11) is 0. The zero-order chi connectivity index (χ0) is 14.1. The fourth-order valence-corrected chi connectivity index (χ4v) is 4.09. The van der Waals surface area contributed by atoms with Crippen molar-refractivity contribution in [1.29, 1.82) is 0 Å². The predicted octanol–water partition coefficient (Wildman–Crippen LogP) is 4.80. The number of hydrogen-bond acceptors (Lipinski definition) is 2. The number of carbonyl (C=O) groups excluding carboxylic acids is 1. The molecule has 0 N–H and O–H groups in total.